The van der Waals surface area contributed by atoms with Gasteiger partial charge in [-0.1, -0.05) is 53.5 Å². The molecule has 2 aliphatic carbocycles. The Morgan fingerprint density at radius 3 is 1.67 bits per heavy atom. The monoisotopic (exact) mass is 554 g/mol. The first-order valence-electron chi connectivity index (χ1n) is 12.3. The second kappa shape index (κ2) is 13.2. The normalized spacial score (nSPS) is 22.2. The number of hydrogen-bond donors (Lipinski definition) is 0. The molecule has 4 aliphatic rings. The van der Waals surface area contributed by atoms with Crippen molar-refractivity contribution in [1.29, 1.82) is 0 Å². The third-order valence-electron chi connectivity index (χ3n) is 7.37. The molecule has 198 valence electrons. The lowest BCUT2D eigenvalue weighted by atomic mass is 9.81. The fraction of sp³-hybridized carbons (Fsp3) is 0.500. The van der Waals surface area contributed by atoms with Crippen LogP contribution in [-0.2, 0) is 18.9 Å². The smallest absolute Gasteiger partial charge is 0.172 e. The minimum Gasteiger partial charge on any atom is -0.412 e. The summed E-state index contributed by atoms with van der Waals surface area (Å²) in [6.07, 6.45) is 9.34. The van der Waals surface area contributed by atoms with Crippen LogP contribution in [0.4, 0.5) is 0 Å². The van der Waals surface area contributed by atoms with Crippen LogP contribution in [-0.4, -0.2) is 43.5 Å². The molecule has 0 radical (unpaired) electrons. The number of allylic oxidation sites excluding steroid dienone is 1. The summed E-state index contributed by atoms with van der Waals surface area (Å²) in [5, 5.41) is 1.59. The fourth-order valence-electron chi connectivity index (χ4n) is 5.40. The molecule has 2 heterocycles. The Hall–Kier alpha value is -1.01. The first-order chi connectivity index (χ1) is 16.5. The van der Waals surface area contributed by atoms with Gasteiger partial charge in [0, 0.05) is 35.7 Å². The minimum atomic E-state index is -0.323. The lowest BCUT2D eigenvalue weighted by Gasteiger charge is -2.35. The number of halogens is 2. The van der Waals surface area contributed by atoms with Gasteiger partial charge in [0.25, 0.3) is 0 Å². The minimum absolute atomic E-state index is 0. The molecular formula is C28H37Cl2O5P. The van der Waals surface area contributed by atoms with Gasteiger partial charge >= 0.3 is 0 Å². The van der Waals surface area contributed by atoms with Gasteiger partial charge in [-0.3, -0.25) is 0 Å². The summed E-state index contributed by atoms with van der Waals surface area (Å²) in [4.78, 5) is 0. The highest BCUT2D eigenvalue weighted by Crippen LogP contribution is 2.42. The van der Waals surface area contributed by atoms with E-state index in [-0.39, 0.29) is 26.9 Å². The van der Waals surface area contributed by atoms with Gasteiger partial charge < -0.3 is 24.4 Å². The molecule has 2 aromatic rings. The maximum absolute atomic E-state index is 5.91. The van der Waals surface area contributed by atoms with E-state index in [0.29, 0.717) is 5.92 Å². The van der Waals surface area contributed by atoms with E-state index < -0.39 is 0 Å². The van der Waals surface area contributed by atoms with E-state index in [1.54, 1.807) is 0 Å². The third kappa shape index (κ3) is 7.09. The van der Waals surface area contributed by atoms with E-state index >= 15 is 0 Å². The van der Waals surface area contributed by atoms with Crippen molar-refractivity contribution in [2.75, 3.05) is 26.4 Å². The topological polar surface area (TPSA) is 68.4 Å². The molecule has 0 bridgehead atoms. The number of ether oxygens (including phenoxy) is 4. The average Bonchev–Trinajstić information content (AvgIpc) is 3.52. The molecule has 2 spiro atoms. The van der Waals surface area contributed by atoms with Crippen LogP contribution >= 0.6 is 33.1 Å². The van der Waals surface area contributed by atoms with Crippen molar-refractivity contribution < 1.29 is 24.4 Å². The van der Waals surface area contributed by atoms with E-state index in [4.69, 9.17) is 42.1 Å². The number of hydrogen-bond acceptors (Lipinski definition) is 4. The van der Waals surface area contributed by atoms with E-state index in [9.17, 15) is 0 Å². The average molecular weight is 555 g/mol. The van der Waals surface area contributed by atoms with Crippen LogP contribution in [0, 0.1) is 0 Å². The first-order valence-corrected chi connectivity index (χ1v) is 13.1. The molecule has 0 aromatic heterocycles. The van der Waals surface area contributed by atoms with Crippen molar-refractivity contribution in [2.24, 2.45) is 0 Å². The van der Waals surface area contributed by atoms with Gasteiger partial charge in [-0.25, -0.2) is 0 Å². The standard InChI is InChI=1S/C14H17ClO2.C14H15ClO2.H2O.H3P/c2*15-13-3-1-11(2-4-13)12-5-7-14(8-6-12)16-9-10-17-14;;/h1-4,12H,5-10H2;1-5H,6-10H2;1H2;1H3. The molecule has 1 saturated carbocycles. The van der Waals surface area contributed by atoms with Crippen LogP contribution in [0.15, 0.2) is 54.6 Å². The largest absolute Gasteiger partial charge is 0.412 e. The van der Waals surface area contributed by atoms with Gasteiger partial charge in [-0.05, 0) is 66.1 Å². The molecule has 3 fully saturated rings. The number of benzene rings is 2. The quantitative estimate of drug-likeness (QED) is 0.391. The van der Waals surface area contributed by atoms with Crippen molar-refractivity contribution in [3.8, 4) is 0 Å². The fourth-order valence-corrected chi connectivity index (χ4v) is 5.66. The molecule has 2 aromatic carbocycles. The van der Waals surface area contributed by atoms with Crippen LogP contribution in [0.3, 0.4) is 0 Å². The van der Waals surface area contributed by atoms with Crippen molar-refractivity contribution in [1.82, 2.24) is 0 Å². The Morgan fingerprint density at radius 1 is 0.667 bits per heavy atom. The maximum atomic E-state index is 5.91. The molecular weight excluding hydrogens is 518 g/mol. The van der Waals surface area contributed by atoms with Crippen LogP contribution in [0.2, 0.25) is 10.0 Å². The molecule has 1 unspecified atom stereocenters. The zero-order valence-corrected chi connectivity index (χ0v) is 23.6. The van der Waals surface area contributed by atoms with E-state index in [1.807, 2.05) is 24.3 Å². The van der Waals surface area contributed by atoms with Gasteiger partial charge in [0.05, 0.1) is 26.4 Å². The summed E-state index contributed by atoms with van der Waals surface area (Å²) in [6, 6.07) is 16.2. The molecule has 36 heavy (non-hydrogen) atoms. The van der Waals surface area contributed by atoms with Gasteiger partial charge in [-0.2, -0.15) is 9.90 Å². The Morgan fingerprint density at radius 2 is 1.17 bits per heavy atom. The number of rotatable bonds is 2. The van der Waals surface area contributed by atoms with Crippen LogP contribution in [0.25, 0.3) is 5.57 Å². The second-order valence-electron chi connectivity index (χ2n) is 9.48. The van der Waals surface area contributed by atoms with Crippen LogP contribution in [0.5, 0.6) is 0 Å². The predicted octanol–water partition coefficient (Wildman–Crippen LogP) is 6.62. The van der Waals surface area contributed by atoms with E-state index in [2.05, 4.69) is 30.3 Å². The maximum Gasteiger partial charge on any atom is 0.172 e. The van der Waals surface area contributed by atoms with Gasteiger partial charge in [-0.15, -0.1) is 0 Å². The SMILES string of the molecule is Clc1ccc(C2=CCC3(CC2)OCCO3)cc1.Clc1ccc(C2CCC3(CC2)OCCO3)cc1.O.P. The molecule has 1 atom stereocenters. The molecule has 0 amide bonds. The molecule has 5 nitrogen and oxygen atoms in total. The van der Waals surface area contributed by atoms with Crippen LogP contribution in [0.1, 0.15) is 62.0 Å². The molecule has 2 saturated heterocycles. The van der Waals surface area contributed by atoms with E-state index in [0.717, 1.165) is 81.4 Å². The summed E-state index contributed by atoms with van der Waals surface area (Å²) < 4.78 is 22.9. The van der Waals surface area contributed by atoms with Gasteiger partial charge in [0.2, 0.25) is 0 Å². The van der Waals surface area contributed by atoms with Crippen molar-refractivity contribution in [3.05, 3.63) is 75.8 Å². The highest BCUT2D eigenvalue weighted by molar-refractivity contribution is 6.92. The molecule has 8 heteroatoms. The molecule has 2 N–H and O–H groups in total. The van der Waals surface area contributed by atoms with Crippen molar-refractivity contribution >= 4 is 38.7 Å². The summed E-state index contributed by atoms with van der Waals surface area (Å²) in [5.41, 5.74) is 4.01. The zero-order valence-electron chi connectivity index (χ0n) is 20.6. The first kappa shape index (κ1) is 29.5. The summed E-state index contributed by atoms with van der Waals surface area (Å²) in [6.45, 7) is 2.96. The highest BCUT2D eigenvalue weighted by atomic mass is 35.5. The van der Waals surface area contributed by atoms with Gasteiger partial charge in [0.1, 0.15) is 0 Å². The van der Waals surface area contributed by atoms with Crippen LogP contribution < -0.4 is 0 Å². The molecule has 6 rings (SSSR count). The molecule has 2 aliphatic heterocycles. The Labute approximate surface area is 227 Å². The Kier molecular flexibility index (Phi) is 10.8. The lowest BCUT2D eigenvalue weighted by molar-refractivity contribution is -0.178. The predicted molar refractivity (Wildman–Crippen MR) is 150 cm³/mol. The van der Waals surface area contributed by atoms with Crippen molar-refractivity contribution in [2.45, 2.75) is 62.4 Å². The Bertz CT molecular complexity index is 974. The highest BCUT2D eigenvalue weighted by Gasteiger charge is 2.40. The zero-order chi connectivity index (χ0) is 23.4. The van der Waals surface area contributed by atoms with Crippen molar-refractivity contribution in [3.63, 3.8) is 0 Å². The Balaban J connectivity index is 0.000000190. The van der Waals surface area contributed by atoms with Gasteiger partial charge in [0.15, 0.2) is 11.6 Å². The summed E-state index contributed by atoms with van der Waals surface area (Å²) >= 11 is 11.8. The summed E-state index contributed by atoms with van der Waals surface area (Å²) in [7, 11) is 0. The second-order valence-corrected chi connectivity index (χ2v) is 10.4. The van der Waals surface area contributed by atoms with E-state index in [1.165, 1.54) is 16.7 Å². The lowest BCUT2D eigenvalue weighted by Crippen LogP contribution is -2.34. The summed E-state index contributed by atoms with van der Waals surface area (Å²) in [5.74, 6) is 0.0597. The third-order valence-corrected chi connectivity index (χ3v) is 7.87.